The van der Waals surface area contributed by atoms with Crippen LogP contribution in [0, 0.1) is 0 Å². The van der Waals surface area contributed by atoms with Gasteiger partial charge in [0.1, 0.15) is 5.75 Å². The Hall–Kier alpha value is -1.18. The fourth-order valence-corrected chi connectivity index (χ4v) is 2.08. The SMILES string of the molecule is CCCCc1cc(O)c(NC)cc1CCCC. The van der Waals surface area contributed by atoms with Crippen molar-refractivity contribution in [2.24, 2.45) is 0 Å². The fourth-order valence-electron chi connectivity index (χ4n) is 2.08. The highest BCUT2D eigenvalue weighted by atomic mass is 16.3. The van der Waals surface area contributed by atoms with E-state index < -0.39 is 0 Å². The average molecular weight is 235 g/mol. The number of aromatic hydroxyl groups is 1. The summed E-state index contributed by atoms with van der Waals surface area (Å²) in [6.45, 7) is 4.42. The molecule has 0 atom stereocenters. The Balaban J connectivity index is 2.93. The van der Waals surface area contributed by atoms with Gasteiger partial charge < -0.3 is 10.4 Å². The Bertz CT molecular complexity index is 347. The van der Waals surface area contributed by atoms with E-state index in [0.717, 1.165) is 18.5 Å². The number of benzene rings is 1. The lowest BCUT2D eigenvalue weighted by Crippen LogP contribution is -1.98. The van der Waals surface area contributed by atoms with Gasteiger partial charge in [0.2, 0.25) is 0 Å². The van der Waals surface area contributed by atoms with Crippen molar-refractivity contribution in [1.29, 1.82) is 0 Å². The molecule has 1 aromatic carbocycles. The van der Waals surface area contributed by atoms with Crippen molar-refractivity contribution in [1.82, 2.24) is 0 Å². The molecule has 0 fully saturated rings. The van der Waals surface area contributed by atoms with Crippen molar-refractivity contribution in [3.63, 3.8) is 0 Å². The topological polar surface area (TPSA) is 32.3 Å². The number of phenolic OH excluding ortho intramolecular Hbond substituents is 1. The summed E-state index contributed by atoms with van der Waals surface area (Å²) in [5.41, 5.74) is 3.55. The Morgan fingerprint density at radius 3 is 2.00 bits per heavy atom. The molecule has 0 aliphatic heterocycles. The Morgan fingerprint density at radius 1 is 1.00 bits per heavy atom. The first-order valence-corrected chi connectivity index (χ1v) is 6.75. The molecular weight excluding hydrogens is 210 g/mol. The second-order valence-corrected chi connectivity index (χ2v) is 4.60. The minimum Gasteiger partial charge on any atom is -0.506 e. The molecule has 0 radical (unpaired) electrons. The summed E-state index contributed by atoms with van der Waals surface area (Å²) in [4.78, 5) is 0. The molecule has 2 heteroatoms. The van der Waals surface area contributed by atoms with E-state index in [1.807, 2.05) is 13.1 Å². The maximum absolute atomic E-state index is 9.88. The minimum absolute atomic E-state index is 0.374. The molecule has 0 aliphatic rings. The van der Waals surface area contributed by atoms with Crippen LogP contribution in [-0.4, -0.2) is 12.2 Å². The Kier molecular flexibility index (Phi) is 5.88. The first kappa shape index (κ1) is 13.9. The standard InChI is InChI=1S/C15H25NO/c1-4-6-8-12-10-14(16-3)15(17)11-13(12)9-7-5-2/h10-11,16-17H,4-9H2,1-3H3. The number of nitrogens with one attached hydrogen (secondary N) is 1. The highest BCUT2D eigenvalue weighted by Gasteiger charge is 2.08. The summed E-state index contributed by atoms with van der Waals surface area (Å²) < 4.78 is 0. The van der Waals surface area contributed by atoms with E-state index in [0.29, 0.717) is 5.75 Å². The summed E-state index contributed by atoms with van der Waals surface area (Å²) in [5, 5.41) is 12.9. The predicted octanol–water partition coefficient (Wildman–Crippen LogP) is 4.12. The molecule has 2 nitrogen and oxygen atoms in total. The Labute approximate surface area is 105 Å². The van der Waals surface area contributed by atoms with Crippen molar-refractivity contribution in [2.75, 3.05) is 12.4 Å². The third-order valence-electron chi connectivity index (χ3n) is 3.19. The Morgan fingerprint density at radius 2 is 1.53 bits per heavy atom. The molecule has 17 heavy (non-hydrogen) atoms. The number of anilines is 1. The van der Waals surface area contributed by atoms with Gasteiger partial charge >= 0.3 is 0 Å². The normalized spacial score (nSPS) is 10.5. The summed E-state index contributed by atoms with van der Waals surface area (Å²) in [5.74, 6) is 0.374. The van der Waals surface area contributed by atoms with Gasteiger partial charge in [-0.3, -0.25) is 0 Å². The molecular formula is C15H25NO. The zero-order valence-corrected chi connectivity index (χ0v) is 11.3. The summed E-state index contributed by atoms with van der Waals surface area (Å²) in [6.07, 6.45) is 7.01. The first-order chi connectivity index (χ1) is 8.22. The molecule has 0 saturated carbocycles. The van der Waals surface area contributed by atoms with Crippen molar-refractivity contribution in [3.8, 4) is 5.75 Å². The van der Waals surface area contributed by atoms with Crippen LogP contribution in [0.2, 0.25) is 0 Å². The zero-order chi connectivity index (χ0) is 12.7. The highest BCUT2D eigenvalue weighted by molar-refractivity contribution is 5.59. The summed E-state index contributed by atoms with van der Waals surface area (Å²) >= 11 is 0. The minimum atomic E-state index is 0.374. The van der Waals surface area contributed by atoms with Gasteiger partial charge in [0.15, 0.2) is 0 Å². The lowest BCUT2D eigenvalue weighted by molar-refractivity contribution is 0.476. The van der Waals surface area contributed by atoms with Gasteiger partial charge in [0.25, 0.3) is 0 Å². The molecule has 96 valence electrons. The highest BCUT2D eigenvalue weighted by Crippen LogP contribution is 2.29. The monoisotopic (exact) mass is 235 g/mol. The van der Waals surface area contributed by atoms with E-state index in [1.165, 1.54) is 36.8 Å². The van der Waals surface area contributed by atoms with Gasteiger partial charge in [-0.15, -0.1) is 0 Å². The molecule has 0 unspecified atom stereocenters. The maximum Gasteiger partial charge on any atom is 0.138 e. The van der Waals surface area contributed by atoms with E-state index in [9.17, 15) is 5.11 Å². The molecule has 0 spiro atoms. The molecule has 1 rings (SSSR count). The van der Waals surface area contributed by atoms with Crippen LogP contribution in [0.15, 0.2) is 12.1 Å². The zero-order valence-electron chi connectivity index (χ0n) is 11.3. The molecule has 0 aliphatic carbocycles. The lowest BCUT2D eigenvalue weighted by Gasteiger charge is -2.13. The van der Waals surface area contributed by atoms with Crippen molar-refractivity contribution in [2.45, 2.75) is 52.4 Å². The number of phenols is 1. The molecule has 0 heterocycles. The number of rotatable bonds is 7. The van der Waals surface area contributed by atoms with Gasteiger partial charge in [-0.2, -0.15) is 0 Å². The third kappa shape index (κ3) is 3.95. The quantitative estimate of drug-likeness (QED) is 0.697. The second kappa shape index (κ2) is 7.21. The van der Waals surface area contributed by atoms with Crippen LogP contribution < -0.4 is 5.32 Å². The van der Waals surface area contributed by atoms with Crippen molar-refractivity contribution >= 4 is 5.69 Å². The van der Waals surface area contributed by atoms with Crippen LogP contribution in [0.1, 0.15) is 50.7 Å². The fraction of sp³-hybridized carbons (Fsp3) is 0.600. The molecule has 1 aromatic rings. The molecule has 0 saturated heterocycles. The van der Waals surface area contributed by atoms with E-state index in [1.54, 1.807) is 0 Å². The largest absolute Gasteiger partial charge is 0.506 e. The van der Waals surface area contributed by atoms with E-state index in [4.69, 9.17) is 0 Å². The van der Waals surface area contributed by atoms with Gasteiger partial charge in [-0.05, 0) is 48.9 Å². The van der Waals surface area contributed by atoms with Crippen LogP contribution in [-0.2, 0) is 12.8 Å². The molecule has 2 N–H and O–H groups in total. The first-order valence-electron chi connectivity index (χ1n) is 6.75. The van der Waals surface area contributed by atoms with Crippen molar-refractivity contribution in [3.05, 3.63) is 23.3 Å². The second-order valence-electron chi connectivity index (χ2n) is 4.60. The maximum atomic E-state index is 9.88. The van der Waals surface area contributed by atoms with E-state index >= 15 is 0 Å². The molecule has 0 aromatic heterocycles. The summed E-state index contributed by atoms with van der Waals surface area (Å²) in [6, 6.07) is 4.04. The summed E-state index contributed by atoms with van der Waals surface area (Å²) in [7, 11) is 1.85. The van der Waals surface area contributed by atoms with Gasteiger partial charge in [0, 0.05) is 7.05 Å². The average Bonchev–Trinajstić information content (AvgIpc) is 2.34. The number of hydrogen-bond donors (Lipinski definition) is 2. The molecule has 0 bridgehead atoms. The van der Waals surface area contributed by atoms with Gasteiger partial charge in [0.05, 0.1) is 5.69 Å². The van der Waals surface area contributed by atoms with Crippen LogP contribution in [0.3, 0.4) is 0 Å². The van der Waals surface area contributed by atoms with Crippen LogP contribution in [0.25, 0.3) is 0 Å². The van der Waals surface area contributed by atoms with Crippen molar-refractivity contribution < 1.29 is 5.11 Å². The van der Waals surface area contributed by atoms with Gasteiger partial charge in [-0.1, -0.05) is 26.7 Å². The number of hydrogen-bond acceptors (Lipinski definition) is 2. The van der Waals surface area contributed by atoms with Crippen LogP contribution >= 0.6 is 0 Å². The van der Waals surface area contributed by atoms with Crippen LogP contribution in [0.4, 0.5) is 5.69 Å². The number of unbranched alkanes of at least 4 members (excludes halogenated alkanes) is 2. The lowest BCUT2D eigenvalue weighted by atomic mass is 9.97. The number of aryl methyl sites for hydroxylation is 2. The van der Waals surface area contributed by atoms with E-state index in [-0.39, 0.29) is 0 Å². The smallest absolute Gasteiger partial charge is 0.138 e. The van der Waals surface area contributed by atoms with E-state index in [2.05, 4.69) is 25.2 Å². The molecule has 0 amide bonds. The van der Waals surface area contributed by atoms with Crippen LogP contribution in [0.5, 0.6) is 5.75 Å². The van der Waals surface area contributed by atoms with Gasteiger partial charge in [-0.25, -0.2) is 0 Å². The predicted molar refractivity (Wildman–Crippen MR) is 74.9 cm³/mol. The third-order valence-corrected chi connectivity index (χ3v) is 3.19.